The number of carboxylic acid groups (broad SMARTS) is 1. The van der Waals surface area contributed by atoms with Gasteiger partial charge in [-0.3, -0.25) is 14.6 Å². The third-order valence-corrected chi connectivity index (χ3v) is 9.59. The molecule has 9 N–H and O–H groups in total. The number of fused-ring (bicyclic) bond motifs is 2. The van der Waals surface area contributed by atoms with Gasteiger partial charge in [0.25, 0.3) is 0 Å². The number of hydrogen-bond acceptors (Lipinski definition) is 19. The van der Waals surface area contributed by atoms with Crippen LogP contribution in [0.25, 0.3) is 45.1 Å². The quantitative estimate of drug-likeness (QED) is 0.0565. The number of halogens is 2. The van der Waals surface area contributed by atoms with E-state index in [9.17, 15) is 18.4 Å². The van der Waals surface area contributed by atoms with Crippen molar-refractivity contribution in [2.24, 2.45) is 0 Å². The number of carbonyl (C=O) groups is 4. The van der Waals surface area contributed by atoms with Gasteiger partial charge in [-0.15, -0.1) is 0 Å². The molecule has 0 radical (unpaired) electrons. The summed E-state index contributed by atoms with van der Waals surface area (Å²) in [5.74, 6) is -0.448. The molecule has 2 aromatic carbocycles. The molecule has 0 bridgehead atoms. The van der Waals surface area contributed by atoms with E-state index in [1.54, 1.807) is 82.4 Å². The molecular formula is C42H40F2N16O8. The lowest BCUT2D eigenvalue weighted by Crippen LogP contribution is -2.28. The summed E-state index contributed by atoms with van der Waals surface area (Å²) >= 11 is 0. The van der Waals surface area contributed by atoms with Gasteiger partial charge in [0.05, 0.1) is 38.1 Å². The molecule has 0 atom stereocenters. The number of hydrogen-bond donors (Lipinski definition) is 5. The zero-order valence-electron chi connectivity index (χ0n) is 36.3. The summed E-state index contributed by atoms with van der Waals surface area (Å²) in [6.07, 6.45) is 0.315. The third-order valence-electron chi connectivity index (χ3n) is 9.59. The first kappa shape index (κ1) is 47.8. The van der Waals surface area contributed by atoms with Gasteiger partial charge in [-0.2, -0.15) is 10.2 Å². The van der Waals surface area contributed by atoms with Gasteiger partial charge in [0.2, 0.25) is 0 Å². The Bertz CT molecular complexity index is 2920. The Labute approximate surface area is 382 Å². The predicted octanol–water partition coefficient (Wildman–Crippen LogP) is 4.72. The third kappa shape index (κ3) is 10.3. The van der Waals surface area contributed by atoms with Crippen LogP contribution < -0.4 is 32.7 Å². The number of pyridine rings is 2. The van der Waals surface area contributed by atoms with Crippen LogP contribution in [0, 0.1) is 11.6 Å². The van der Waals surface area contributed by atoms with E-state index in [2.05, 4.69) is 54.3 Å². The highest BCUT2D eigenvalue weighted by molar-refractivity contribution is 5.97. The van der Waals surface area contributed by atoms with Crippen molar-refractivity contribution in [2.75, 3.05) is 61.0 Å². The zero-order chi connectivity index (χ0) is 49.2. The number of ether oxygens (including phenoxy) is 3. The first-order valence-electron chi connectivity index (χ1n) is 19.5. The minimum absolute atomic E-state index is 0.0175. The summed E-state index contributed by atoms with van der Waals surface area (Å²) in [5, 5.41) is 17.9. The number of nitrogens with two attached hydrogens (primary N) is 4. The number of carbonyl (C=O) groups excluding carboxylic acids is 3. The number of rotatable bonds is 9. The number of nitrogen functional groups attached to an aromatic ring is 4. The maximum atomic E-state index is 14.2. The fourth-order valence-electron chi connectivity index (χ4n) is 6.52. The average Bonchev–Trinajstić information content (AvgIpc) is 3.88. The lowest BCUT2D eigenvalue weighted by atomic mass is 10.2. The first-order valence-corrected chi connectivity index (χ1v) is 19.5. The van der Waals surface area contributed by atoms with E-state index in [0.717, 1.165) is 9.80 Å². The minimum atomic E-state index is -1.58. The SMILES string of the molecule is COC(=O)N(C)c1c(N)nc(-c2nn(Cc3ccccc3F)c3ncccc23)nc1N.COC(=O)N(C)c1c(N)nc(-c2nn(Cc3ccccc3F)c3ncccc23)nc1N.O=COC(=O)O. The topological polar surface area (TPSA) is 340 Å². The molecule has 6 aromatic heterocycles. The largest absolute Gasteiger partial charge is 0.513 e. The van der Waals surface area contributed by atoms with Crippen LogP contribution in [-0.2, 0) is 32.1 Å². The van der Waals surface area contributed by atoms with Crippen LogP contribution in [0.1, 0.15) is 11.1 Å². The monoisotopic (exact) mass is 934 g/mol. The van der Waals surface area contributed by atoms with Crippen molar-refractivity contribution in [3.05, 3.63) is 108 Å². The lowest BCUT2D eigenvalue weighted by Gasteiger charge is -2.18. The Hall–Kier alpha value is -9.62. The molecule has 350 valence electrons. The number of benzene rings is 2. The standard InChI is InChI=1S/2C20H19FN8O2.C2H2O4/c2*1-28(20(30)31-2)15-16(22)25-18(26-17(15)23)14-12-7-5-9-24-19(12)29(27-14)10-11-6-3-4-8-13(11)21;3-1-6-2(4)5/h2*3-9H,10H2,1-2H3,(H4,22,23,25,26);1H,(H,4,5). The van der Waals surface area contributed by atoms with Crippen LogP contribution in [0.4, 0.5) is 57.8 Å². The van der Waals surface area contributed by atoms with E-state index in [-0.39, 0.29) is 77.5 Å². The molecule has 2 amide bonds. The second-order valence-corrected chi connectivity index (χ2v) is 13.8. The van der Waals surface area contributed by atoms with Crippen LogP contribution in [-0.4, -0.2) is 108 Å². The smallest absolute Gasteiger partial charge is 0.452 e. The number of nitrogens with zero attached hydrogens (tertiary/aromatic N) is 12. The van der Waals surface area contributed by atoms with Crippen molar-refractivity contribution < 1.29 is 47.3 Å². The van der Waals surface area contributed by atoms with Gasteiger partial charge in [-0.25, -0.2) is 62.4 Å². The number of methoxy groups -OCH3 is 2. The first-order chi connectivity index (χ1) is 32.6. The van der Waals surface area contributed by atoms with Crippen LogP contribution in [0.15, 0.2) is 85.2 Å². The van der Waals surface area contributed by atoms with Gasteiger partial charge in [0, 0.05) is 37.6 Å². The van der Waals surface area contributed by atoms with Crippen molar-refractivity contribution in [3.8, 4) is 23.0 Å². The molecule has 26 heteroatoms. The summed E-state index contributed by atoms with van der Waals surface area (Å²) in [6.45, 7) is 0.172. The summed E-state index contributed by atoms with van der Waals surface area (Å²) in [5.41, 5.74) is 27.2. The van der Waals surface area contributed by atoms with Crippen LogP contribution >= 0.6 is 0 Å². The van der Waals surface area contributed by atoms with Crippen molar-refractivity contribution >= 4 is 81.5 Å². The zero-order valence-corrected chi connectivity index (χ0v) is 36.3. The minimum Gasteiger partial charge on any atom is -0.452 e. The summed E-state index contributed by atoms with van der Waals surface area (Å²) in [7, 11) is 5.36. The van der Waals surface area contributed by atoms with Crippen molar-refractivity contribution in [1.82, 2.24) is 49.5 Å². The summed E-state index contributed by atoms with van der Waals surface area (Å²) < 4.78 is 44.1. The predicted molar refractivity (Wildman–Crippen MR) is 243 cm³/mol. The fraction of sp³-hybridized carbons (Fsp3) is 0.143. The van der Waals surface area contributed by atoms with Gasteiger partial charge in [0.15, 0.2) is 46.2 Å². The van der Waals surface area contributed by atoms with E-state index in [4.69, 9.17) is 37.6 Å². The van der Waals surface area contributed by atoms with E-state index < -0.39 is 18.3 Å². The molecule has 0 unspecified atom stereocenters. The Kier molecular flexibility index (Phi) is 14.7. The van der Waals surface area contributed by atoms with Crippen LogP contribution in [0.2, 0.25) is 0 Å². The van der Waals surface area contributed by atoms with E-state index in [1.807, 2.05) is 0 Å². The molecule has 68 heavy (non-hydrogen) atoms. The van der Waals surface area contributed by atoms with Gasteiger partial charge >= 0.3 is 24.8 Å². The maximum Gasteiger partial charge on any atom is 0.513 e. The maximum absolute atomic E-state index is 14.2. The number of aromatic nitrogens is 10. The molecule has 0 fully saturated rings. The summed E-state index contributed by atoms with van der Waals surface area (Å²) in [6, 6.07) is 19.9. The molecule has 6 heterocycles. The Morgan fingerprint density at radius 2 is 1.00 bits per heavy atom. The molecule has 0 aliphatic carbocycles. The van der Waals surface area contributed by atoms with Crippen LogP contribution in [0.5, 0.6) is 0 Å². The van der Waals surface area contributed by atoms with Crippen molar-refractivity contribution in [1.29, 1.82) is 0 Å². The van der Waals surface area contributed by atoms with Crippen LogP contribution in [0.3, 0.4) is 0 Å². The van der Waals surface area contributed by atoms with E-state index >= 15 is 0 Å². The highest BCUT2D eigenvalue weighted by atomic mass is 19.1. The highest BCUT2D eigenvalue weighted by Crippen LogP contribution is 2.34. The average molecular weight is 935 g/mol. The normalized spacial score (nSPS) is 10.6. The van der Waals surface area contributed by atoms with Crippen molar-refractivity contribution in [3.63, 3.8) is 0 Å². The molecule has 0 saturated heterocycles. The van der Waals surface area contributed by atoms with Gasteiger partial charge < -0.3 is 42.3 Å². The molecule has 0 spiro atoms. The number of amides is 2. The molecule has 0 saturated carbocycles. The van der Waals surface area contributed by atoms with Gasteiger partial charge in [0.1, 0.15) is 34.4 Å². The van der Waals surface area contributed by atoms with Gasteiger partial charge in [-0.05, 0) is 36.4 Å². The molecule has 0 aliphatic heterocycles. The van der Waals surface area contributed by atoms with Gasteiger partial charge in [-0.1, -0.05) is 36.4 Å². The molecule has 24 nitrogen and oxygen atoms in total. The fourth-order valence-corrected chi connectivity index (χ4v) is 6.52. The molecule has 8 aromatic rings. The molecule has 0 aliphatic rings. The molecule has 8 rings (SSSR count). The molecular weight excluding hydrogens is 895 g/mol. The lowest BCUT2D eigenvalue weighted by molar-refractivity contribution is -0.124. The van der Waals surface area contributed by atoms with Crippen molar-refractivity contribution in [2.45, 2.75) is 13.1 Å². The second kappa shape index (κ2) is 20.9. The highest BCUT2D eigenvalue weighted by Gasteiger charge is 2.25. The van der Waals surface area contributed by atoms with E-state index in [0.29, 0.717) is 44.6 Å². The van der Waals surface area contributed by atoms with E-state index in [1.165, 1.54) is 40.4 Å². The Morgan fingerprint density at radius 1 is 0.632 bits per heavy atom. The number of anilines is 6. The Morgan fingerprint density at radius 3 is 1.31 bits per heavy atom. The Balaban J connectivity index is 0.000000200. The summed E-state index contributed by atoms with van der Waals surface area (Å²) in [4.78, 5) is 70.0. The second-order valence-electron chi connectivity index (χ2n) is 13.8.